The number of nitrogens with zero attached hydrogens (tertiary/aromatic N) is 2. The highest BCUT2D eigenvalue weighted by Crippen LogP contribution is 2.15. The Labute approximate surface area is 112 Å². The molecule has 0 saturated heterocycles. The van der Waals surface area contributed by atoms with Crippen molar-refractivity contribution in [1.29, 1.82) is 0 Å². The van der Waals surface area contributed by atoms with Crippen LogP contribution >= 0.6 is 11.3 Å². The molecule has 3 nitrogen and oxygen atoms in total. The third-order valence-electron chi connectivity index (χ3n) is 2.51. The summed E-state index contributed by atoms with van der Waals surface area (Å²) in [5, 5.41) is 4.57. The first-order chi connectivity index (χ1) is 8.74. The van der Waals surface area contributed by atoms with Crippen molar-refractivity contribution in [1.82, 2.24) is 15.3 Å². The fourth-order valence-corrected chi connectivity index (χ4v) is 2.56. The van der Waals surface area contributed by atoms with E-state index in [0.717, 1.165) is 30.2 Å². The molecule has 0 atom stereocenters. The van der Waals surface area contributed by atoms with Crippen LogP contribution in [0.2, 0.25) is 0 Å². The second kappa shape index (κ2) is 6.61. The number of pyridine rings is 1. The zero-order chi connectivity index (χ0) is 12.8. The van der Waals surface area contributed by atoms with Crippen LogP contribution in [-0.4, -0.2) is 16.5 Å². The molecular formula is C14H19N3S. The van der Waals surface area contributed by atoms with Gasteiger partial charge in [0.25, 0.3) is 0 Å². The highest BCUT2D eigenvalue weighted by atomic mass is 32.1. The Kier molecular flexibility index (Phi) is 4.84. The Morgan fingerprint density at radius 1 is 1.28 bits per heavy atom. The lowest BCUT2D eigenvalue weighted by Gasteiger charge is -2.04. The first-order valence-electron chi connectivity index (χ1n) is 6.28. The number of thiazole rings is 1. The van der Waals surface area contributed by atoms with E-state index in [-0.39, 0.29) is 0 Å². The number of hydrogen-bond acceptors (Lipinski definition) is 4. The van der Waals surface area contributed by atoms with E-state index < -0.39 is 0 Å². The highest BCUT2D eigenvalue weighted by molar-refractivity contribution is 7.11. The number of aromatic nitrogens is 2. The van der Waals surface area contributed by atoms with Crippen LogP contribution in [0.5, 0.6) is 0 Å². The van der Waals surface area contributed by atoms with Crippen molar-refractivity contribution >= 4 is 11.3 Å². The van der Waals surface area contributed by atoms with Gasteiger partial charge in [-0.15, -0.1) is 11.3 Å². The van der Waals surface area contributed by atoms with Crippen molar-refractivity contribution in [3.8, 4) is 0 Å². The smallest absolute Gasteiger partial charge is 0.0987 e. The molecule has 0 spiro atoms. The van der Waals surface area contributed by atoms with E-state index in [2.05, 4.69) is 29.1 Å². The van der Waals surface area contributed by atoms with Crippen molar-refractivity contribution in [3.63, 3.8) is 0 Å². The van der Waals surface area contributed by atoms with E-state index in [1.165, 1.54) is 4.88 Å². The predicted octanol–water partition coefficient (Wildman–Crippen LogP) is 2.87. The summed E-state index contributed by atoms with van der Waals surface area (Å²) in [6.07, 6.45) is 4.62. The molecule has 0 aliphatic carbocycles. The molecule has 0 aliphatic rings. The highest BCUT2D eigenvalue weighted by Gasteiger charge is 2.04. The van der Waals surface area contributed by atoms with Crippen molar-refractivity contribution in [2.24, 2.45) is 5.92 Å². The predicted molar refractivity (Wildman–Crippen MR) is 75.7 cm³/mol. The first-order valence-corrected chi connectivity index (χ1v) is 7.10. The zero-order valence-corrected chi connectivity index (χ0v) is 11.7. The second-order valence-electron chi connectivity index (χ2n) is 4.74. The van der Waals surface area contributed by atoms with E-state index in [1.54, 1.807) is 11.3 Å². The van der Waals surface area contributed by atoms with Crippen molar-refractivity contribution < 1.29 is 0 Å². The molecule has 0 aromatic carbocycles. The van der Waals surface area contributed by atoms with Gasteiger partial charge in [-0.1, -0.05) is 19.9 Å². The average molecular weight is 261 g/mol. The molecule has 2 aromatic rings. The van der Waals surface area contributed by atoms with Gasteiger partial charge in [-0.2, -0.15) is 0 Å². The van der Waals surface area contributed by atoms with Gasteiger partial charge in [0, 0.05) is 35.9 Å². The van der Waals surface area contributed by atoms with Crippen molar-refractivity contribution in [2.75, 3.05) is 6.54 Å². The molecule has 0 aliphatic heterocycles. The van der Waals surface area contributed by atoms with Gasteiger partial charge in [0.1, 0.15) is 0 Å². The minimum atomic E-state index is 0.686. The van der Waals surface area contributed by atoms with Gasteiger partial charge in [-0.05, 0) is 24.6 Å². The normalized spacial score (nSPS) is 11.1. The molecule has 4 heteroatoms. The maximum absolute atomic E-state index is 4.45. The Bertz CT molecular complexity index is 465. The van der Waals surface area contributed by atoms with Crippen LogP contribution < -0.4 is 5.32 Å². The Balaban J connectivity index is 1.86. The first kappa shape index (κ1) is 13.2. The average Bonchev–Trinajstić information content (AvgIpc) is 2.78. The van der Waals surface area contributed by atoms with Gasteiger partial charge < -0.3 is 5.32 Å². The van der Waals surface area contributed by atoms with Gasteiger partial charge in [-0.3, -0.25) is 4.98 Å². The van der Waals surface area contributed by atoms with Crippen LogP contribution in [0.4, 0.5) is 0 Å². The SMILES string of the molecule is CC(C)CNCc1cnc(Cc2ccccn2)s1. The van der Waals surface area contributed by atoms with Crippen LogP contribution in [0, 0.1) is 5.92 Å². The minimum Gasteiger partial charge on any atom is -0.312 e. The third kappa shape index (κ3) is 4.20. The molecule has 0 amide bonds. The van der Waals surface area contributed by atoms with Crippen LogP contribution in [0.15, 0.2) is 30.6 Å². The lowest BCUT2D eigenvalue weighted by Crippen LogP contribution is -2.18. The fourth-order valence-electron chi connectivity index (χ4n) is 1.65. The summed E-state index contributed by atoms with van der Waals surface area (Å²) in [5.41, 5.74) is 1.08. The Morgan fingerprint density at radius 2 is 2.17 bits per heavy atom. The molecule has 0 fully saturated rings. The van der Waals surface area contributed by atoms with Crippen molar-refractivity contribution in [3.05, 3.63) is 46.2 Å². The molecule has 18 heavy (non-hydrogen) atoms. The van der Waals surface area contributed by atoms with E-state index in [4.69, 9.17) is 0 Å². The summed E-state index contributed by atoms with van der Waals surface area (Å²) in [6.45, 7) is 6.39. The third-order valence-corrected chi connectivity index (χ3v) is 3.51. The van der Waals surface area contributed by atoms with Crippen LogP contribution in [0.25, 0.3) is 0 Å². The molecule has 2 heterocycles. The summed E-state index contributed by atoms with van der Waals surface area (Å²) in [4.78, 5) is 10.1. The zero-order valence-electron chi connectivity index (χ0n) is 10.9. The Morgan fingerprint density at radius 3 is 2.89 bits per heavy atom. The second-order valence-corrected chi connectivity index (χ2v) is 5.94. The molecule has 2 aromatic heterocycles. The molecule has 0 bridgehead atoms. The van der Waals surface area contributed by atoms with Gasteiger partial charge in [0.2, 0.25) is 0 Å². The van der Waals surface area contributed by atoms with Crippen LogP contribution in [-0.2, 0) is 13.0 Å². The Hall–Kier alpha value is -1.26. The fraction of sp³-hybridized carbons (Fsp3) is 0.429. The minimum absolute atomic E-state index is 0.686. The quantitative estimate of drug-likeness (QED) is 0.869. The summed E-state index contributed by atoms with van der Waals surface area (Å²) < 4.78 is 0. The molecular weight excluding hydrogens is 242 g/mol. The van der Waals surface area contributed by atoms with Crippen LogP contribution in [0.3, 0.4) is 0 Å². The van der Waals surface area contributed by atoms with E-state index in [0.29, 0.717) is 5.92 Å². The lowest BCUT2D eigenvalue weighted by atomic mass is 10.2. The summed E-state index contributed by atoms with van der Waals surface area (Å²) >= 11 is 1.77. The van der Waals surface area contributed by atoms with Gasteiger partial charge in [0.15, 0.2) is 0 Å². The number of hydrogen-bond donors (Lipinski definition) is 1. The maximum atomic E-state index is 4.45. The van der Waals surface area contributed by atoms with E-state index in [9.17, 15) is 0 Å². The largest absolute Gasteiger partial charge is 0.312 e. The van der Waals surface area contributed by atoms with E-state index in [1.807, 2.05) is 30.6 Å². The van der Waals surface area contributed by atoms with Crippen molar-refractivity contribution in [2.45, 2.75) is 26.8 Å². The number of nitrogens with one attached hydrogen (secondary N) is 1. The molecule has 96 valence electrons. The monoisotopic (exact) mass is 261 g/mol. The molecule has 2 rings (SSSR count). The molecule has 1 N–H and O–H groups in total. The van der Waals surface area contributed by atoms with E-state index >= 15 is 0 Å². The maximum Gasteiger partial charge on any atom is 0.0987 e. The lowest BCUT2D eigenvalue weighted by molar-refractivity contribution is 0.554. The topological polar surface area (TPSA) is 37.8 Å². The van der Waals surface area contributed by atoms with Gasteiger partial charge in [-0.25, -0.2) is 4.98 Å². The number of rotatable bonds is 6. The molecule has 0 radical (unpaired) electrons. The van der Waals surface area contributed by atoms with Crippen LogP contribution in [0.1, 0.15) is 29.4 Å². The van der Waals surface area contributed by atoms with Gasteiger partial charge in [0.05, 0.1) is 5.01 Å². The molecule has 0 unspecified atom stereocenters. The summed E-state index contributed by atoms with van der Waals surface area (Å²) in [7, 11) is 0. The summed E-state index contributed by atoms with van der Waals surface area (Å²) in [6, 6.07) is 5.99. The van der Waals surface area contributed by atoms with Gasteiger partial charge >= 0.3 is 0 Å². The standard InChI is InChI=1S/C14H19N3S/c1-11(2)8-15-9-13-10-17-14(18-13)7-12-5-3-4-6-16-12/h3-6,10-11,15H,7-9H2,1-2H3. The molecule has 0 saturated carbocycles. The summed E-state index contributed by atoms with van der Waals surface area (Å²) in [5.74, 6) is 0.686.